The van der Waals surface area contributed by atoms with Crippen LogP contribution in [0.3, 0.4) is 0 Å². The lowest BCUT2D eigenvalue weighted by Crippen LogP contribution is -2.34. The Kier molecular flexibility index (Phi) is 5.05. The first-order chi connectivity index (χ1) is 10.8. The summed E-state index contributed by atoms with van der Waals surface area (Å²) in [6.45, 7) is 3.45. The Hall–Kier alpha value is -2.34. The van der Waals surface area contributed by atoms with Gasteiger partial charge in [-0.1, -0.05) is 30.7 Å². The Morgan fingerprint density at radius 1 is 1.39 bits per heavy atom. The largest absolute Gasteiger partial charge is 0.481 e. The molecule has 0 saturated carbocycles. The first-order valence-corrected chi connectivity index (χ1v) is 7.48. The van der Waals surface area contributed by atoms with E-state index in [9.17, 15) is 9.59 Å². The number of aliphatic carboxylic acids is 1. The zero-order valence-electron chi connectivity index (χ0n) is 13.2. The topological polar surface area (TPSA) is 75.4 Å². The maximum absolute atomic E-state index is 12.5. The number of benzene rings is 1. The van der Waals surface area contributed by atoms with Crippen molar-refractivity contribution in [1.82, 2.24) is 14.7 Å². The quantitative estimate of drug-likeness (QED) is 0.911. The van der Waals surface area contributed by atoms with Crippen LogP contribution < -0.4 is 0 Å². The average molecular weight is 336 g/mol. The van der Waals surface area contributed by atoms with Crippen molar-refractivity contribution in [2.45, 2.75) is 13.8 Å². The summed E-state index contributed by atoms with van der Waals surface area (Å²) in [6, 6.07) is 7.20. The molecule has 2 rings (SSSR count). The summed E-state index contributed by atoms with van der Waals surface area (Å²) in [5.74, 6) is -1.90. The predicted molar refractivity (Wildman–Crippen MR) is 87.1 cm³/mol. The first kappa shape index (κ1) is 17.0. The summed E-state index contributed by atoms with van der Waals surface area (Å²) in [7, 11) is 1.57. The van der Waals surface area contributed by atoms with Gasteiger partial charge in [-0.2, -0.15) is 5.10 Å². The van der Waals surface area contributed by atoms with Gasteiger partial charge in [0.15, 0.2) is 5.69 Å². The van der Waals surface area contributed by atoms with Crippen LogP contribution in [0.2, 0.25) is 5.02 Å². The van der Waals surface area contributed by atoms with Gasteiger partial charge in [-0.25, -0.2) is 4.68 Å². The fourth-order valence-corrected chi connectivity index (χ4v) is 2.41. The van der Waals surface area contributed by atoms with Gasteiger partial charge in [0, 0.05) is 25.4 Å². The lowest BCUT2D eigenvalue weighted by Gasteiger charge is -2.18. The van der Waals surface area contributed by atoms with Crippen molar-refractivity contribution in [3.8, 4) is 5.69 Å². The van der Waals surface area contributed by atoms with Gasteiger partial charge in [0.1, 0.15) is 0 Å². The zero-order valence-corrected chi connectivity index (χ0v) is 13.9. The van der Waals surface area contributed by atoms with E-state index in [4.69, 9.17) is 16.7 Å². The summed E-state index contributed by atoms with van der Waals surface area (Å²) in [6.07, 6.45) is 1.73. The minimum Gasteiger partial charge on any atom is -0.481 e. The van der Waals surface area contributed by atoms with Crippen molar-refractivity contribution in [2.75, 3.05) is 13.6 Å². The number of amides is 1. The summed E-state index contributed by atoms with van der Waals surface area (Å²) in [5, 5.41) is 13.8. The van der Waals surface area contributed by atoms with Crippen molar-refractivity contribution in [1.29, 1.82) is 0 Å². The van der Waals surface area contributed by atoms with Gasteiger partial charge >= 0.3 is 5.97 Å². The first-order valence-electron chi connectivity index (χ1n) is 7.10. The Balaban J connectivity index is 2.26. The normalized spacial score (nSPS) is 12.0. The lowest BCUT2D eigenvalue weighted by atomic mass is 10.1. The highest BCUT2D eigenvalue weighted by molar-refractivity contribution is 6.32. The number of rotatable bonds is 5. The van der Waals surface area contributed by atoms with Gasteiger partial charge in [0.25, 0.3) is 5.91 Å². The fraction of sp³-hybridized carbons (Fsp3) is 0.312. The number of carboxylic acid groups (broad SMARTS) is 1. The third kappa shape index (κ3) is 3.71. The average Bonchev–Trinajstić information content (AvgIpc) is 2.88. The Morgan fingerprint density at radius 3 is 2.65 bits per heavy atom. The highest BCUT2D eigenvalue weighted by Crippen LogP contribution is 2.21. The second-order valence-electron chi connectivity index (χ2n) is 5.48. The second-order valence-corrected chi connectivity index (χ2v) is 5.89. The molecule has 1 heterocycles. The van der Waals surface area contributed by atoms with Gasteiger partial charge in [0.2, 0.25) is 0 Å². The maximum Gasteiger partial charge on any atom is 0.308 e. The molecule has 7 heteroatoms. The van der Waals surface area contributed by atoms with Crippen LogP contribution in [-0.4, -0.2) is 45.3 Å². The van der Waals surface area contributed by atoms with Crippen LogP contribution in [-0.2, 0) is 4.79 Å². The number of carbonyl (C=O) groups excluding carboxylic acids is 1. The summed E-state index contributed by atoms with van der Waals surface area (Å²) in [5.41, 5.74) is 1.66. The number of aromatic nitrogens is 2. The lowest BCUT2D eigenvalue weighted by molar-refractivity contribution is -0.141. The van der Waals surface area contributed by atoms with Crippen molar-refractivity contribution < 1.29 is 14.7 Å². The molecule has 122 valence electrons. The maximum atomic E-state index is 12.5. The summed E-state index contributed by atoms with van der Waals surface area (Å²) >= 11 is 6.14. The molecule has 6 nitrogen and oxygen atoms in total. The smallest absolute Gasteiger partial charge is 0.308 e. The molecule has 1 aromatic heterocycles. The monoisotopic (exact) mass is 335 g/mol. The Bertz CT molecular complexity index is 742. The molecule has 1 amide bonds. The van der Waals surface area contributed by atoms with Crippen LogP contribution >= 0.6 is 11.6 Å². The van der Waals surface area contributed by atoms with Gasteiger partial charge < -0.3 is 10.0 Å². The predicted octanol–water partition coefficient (Wildman–Crippen LogP) is 2.63. The van der Waals surface area contributed by atoms with Gasteiger partial charge in [-0.05, 0) is 19.1 Å². The molecule has 0 spiro atoms. The molecule has 1 N–H and O–H groups in total. The summed E-state index contributed by atoms with van der Waals surface area (Å²) < 4.78 is 1.55. The van der Waals surface area contributed by atoms with E-state index < -0.39 is 11.9 Å². The number of carboxylic acids is 1. The van der Waals surface area contributed by atoms with Crippen LogP contribution in [0.25, 0.3) is 5.69 Å². The van der Waals surface area contributed by atoms with Crippen LogP contribution in [0.15, 0.2) is 30.5 Å². The highest BCUT2D eigenvalue weighted by Gasteiger charge is 2.22. The third-order valence-electron chi connectivity index (χ3n) is 3.52. The van der Waals surface area contributed by atoms with Crippen molar-refractivity contribution in [3.05, 3.63) is 46.7 Å². The molecule has 0 fully saturated rings. The number of hydrogen-bond acceptors (Lipinski definition) is 3. The van der Waals surface area contributed by atoms with Crippen molar-refractivity contribution in [3.63, 3.8) is 0 Å². The van der Waals surface area contributed by atoms with Crippen LogP contribution in [0.4, 0.5) is 0 Å². The van der Waals surface area contributed by atoms with E-state index in [0.717, 1.165) is 0 Å². The zero-order chi connectivity index (χ0) is 17.1. The molecule has 2 aromatic rings. The second kappa shape index (κ2) is 6.83. The van der Waals surface area contributed by atoms with E-state index in [-0.39, 0.29) is 18.1 Å². The number of carbonyl (C=O) groups is 2. The number of nitrogens with zero attached hydrogens (tertiary/aromatic N) is 3. The summed E-state index contributed by atoms with van der Waals surface area (Å²) in [4.78, 5) is 24.8. The van der Waals surface area contributed by atoms with E-state index in [1.807, 2.05) is 12.1 Å². The van der Waals surface area contributed by atoms with Crippen molar-refractivity contribution in [2.24, 2.45) is 5.92 Å². The van der Waals surface area contributed by atoms with Crippen molar-refractivity contribution >= 4 is 23.5 Å². The van der Waals surface area contributed by atoms with E-state index >= 15 is 0 Å². The molecule has 0 saturated heterocycles. The minimum atomic E-state index is -0.942. The van der Waals surface area contributed by atoms with Crippen LogP contribution in [0, 0.1) is 12.8 Å². The SMILES string of the molecule is Cc1cn(-c2ccccc2Cl)nc1C(=O)N(C)CC(C)C(=O)O. The molecule has 0 radical (unpaired) electrons. The molecule has 1 atom stereocenters. The molecular formula is C16H18ClN3O3. The van der Waals surface area contributed by atoms with E-state index in [2.05, 4.69) is 5.10 Å². The molecule has 0 bridgehead atoms. The molecule has 0 aliphatic carbocycles. The number of para-hydroxylation sites is 1. The molecule has 1 unspecified atom stereocenters. The van der Waals surface area contributed by atoms with Crippen LogP contribution in [0.5, 0.6) is 0 Å². The molecule has 23 heavy (non-hydrogen) atoms. The highest BCUT2D eigenvalue weighted by atomic mass is 35.5. The van der Waals surface area contributed by atoms with E-state index in [0.29, 0.717) is 16.3 Å². The van der Waals surface area contributed by atoms with E-state index in [1.54, 1.807) is 43.9 Å². The molecule has 0 aliphatic heterocycles. The van der Waals surface area contributed by atoms with Gasteiger partial charge in [0.05, 0.1) is 16.6 Å². The van der Waals surface area contributed by atoms with Crippen LogP contribution in [0.1, 0.15) is 23.0 Å². The third-order valence-corrected chi connectivity index (χ3v) is 3.83. The number of halogens is 1. The van der Waals surface area contributed by atoms with Gasteiger partial charge in [-0.3, -0.25) is 9.59 Å². The van der Waals surface area contributed by atoms with Gasteiger partial charge in [-0.15, -0.1) is 0 Å². The Morgan fingerprint density at radius 2 is 2.04 bits per heavy atom. The minimum absolute atomic E-state index is 0.118. The Labute approximate surface area is 139 Å². The van der Waals surface area contributed by atoms with E-state index in [1.165, 1.54) is 4.90 Å². The molecule has 1 aromatic carbocycles. The fourth-order valence-electron chi connectivity index (χ4n) is 2.19. The number of aryl methyl sites for hydroxylation is 1. The molecular weight excluding hydrogens is 318 g/mol. The number of hydrogen-bond donors (Lipinski definition) is 1. The standard InChI is InChI=1S/C16H18ClN3O3/c1-10-9-20(13-7-5-4-6-12(13)17)18-14(10)15(21)19(3)8-11(2)16(22)23/h4-7,9,11H,8H2,1-3H3,(H,22,23). The molecule has 0 aliphatic rings.